The molecule has 1 unspecified atom stereocenters. The van der Waals surface area contributed by atoms with Crippen LogP contribution in [-0.2, 0) is 4.79 Å². The molecule has 0 heterocycles. The van der Waals surface area contributed by atoms with Gasteiger partial charge >= 0.3 is 0 Å². The second-order valence-electron chi connectivity index (χ2n) is 6.09. The Morgan fingerprint density at radius 1 is 1.15 bits per heavy atom. The first-order valence-electron chi connectivity index (χ1n) is 7.69. The van der Waals surface area contributed by atoms with Crippen molar-refractivity contribution in [2.45, 2.75) is 58.0 Å². The summed E-state index contributed by atoms with van der Waals surface area (Å²) in [5.41, 5.74) is 2.50. The molecule has 1 aliphatic rings. The van der Waals surface area contributed by atoms with Crippen molar-refractivity contribution in [3.05, 3.63) is 35.4 Å². The van der Waals surface area contributed by atoms with Crippen LogP contribution in [0.15, 0.2) is 24.3 Å². The molecule has 110 valence electrons. The third kappa shape index (κ3) is 4.64. The normalized spacial score (nSPS) is 16.2. The van der Waals surface area contributed by atoms with Crippen molar-refractivity contribution in [2.24, 2.45) is 0 Å². The monoisotopic (exact) mass is 274 g/mol. The Hall–Kier alpha value is -1.35. The fourth-order valence-corrected chi connectivity index (χ4v) is 2.24. The lowest BCUT2D eigenvalue weighted by molar-refractivity contribution is -0.121. The Bertz CT molecular complexity index is 435. The topological polar surface area (TPSA) is 41.1 Å². The molecule has 20 heavy (non-hydrogen) atoms. The molecule has 0 saturated heterocycles. The SMILES string of the molecule is CC(C)c1ccc(C(C)NC(=O)CCNC2CC2)cc1. The van der Waals surface area contributed by atoms with Crippen molar-refractivity contribution >= 4 is 5.91 Å². The summed E-state index contributed by atoms with van der Waals surface area (Å²) < 4.78 is 0. The molecule has 2 N–H and O–H groups in total. The summed E-state index contributed by atoms with van der Waals surface area (Å²) in [6.45, 7) is 7.20. The molecular weight excluding hydrogens is 248 g/mol. The Morgan fingerprint density at radius 2 is 1.75 bits per heavy atom. The van der Waals surface area contributed by atoms with Crippen molar-refractivity contribution in [3.63, 3.8) is 0 Å². The summed E-state index contributed by atoms with van der Waals surface area (Å²) in [6.07, 6.45) is 3.09. The molecule has 1 amide bonds. The highest BCUT2D eigenvalue weighted by Gasteiger charge is 2.20. The van der Waals surface area contributed by atoms with E-state index in [0.29, 0.717) is 18.4 Å². The van der Waals surface area contributed by atoms with E-state index < -0.39 is 0 Å². The van der Waals surface area contributed by atoms with Crippen molar-refractivity contribution in [1.29, 1.82) is 0 Å². The van der Waals surface area contributed by atoms with Crippen LogP contribution in [-0.4, -0.2) is 18.5 Å². The molecule has 1 atom stereocenters. The molecule has 1 saturated carbocycles. The van der Waals surface area contributed by atoms with E-state index in [0.717, 1.165) is 12.1 Å². The van der Waals surface area contributed by atoms with E-state index >= 15 is 0 Å². The lowest BCUT2D eigenvalue weighted by Gasteiger charge is -2.15. The average Bonchev–Trinajstić information content (AvgIpc) is 3.23. The van der Waals surface area contributed by atoms with E-state index in [-0.39, 0.29) is 11.9 Å². The number of carbonyl (C=O) groups excluding carboxylic acids is 1. The quantitative estimate of drug-likeness (QED) is 0.802. The molecule has 3 heteroatoms. The molecule has 0 aliphatic heterocycles. The van der Waals surface area contributed by atoms with Crippen LogP contribution in [0.5, 0.6) is 0 Å². The molecule has 1 aromatic rings. The lowest BCUT2D eigenvalue weighted by atomic mass is 9.99. The summed E-state index contributed by atoms with van der Waals surface area (Å²) >= 11 is 0. The summed E-state index contributed by atoms with van der Waals surface area (Å²) in [7, 11) is 0. The predicted molar refractivity (Wildman–Crippen MR) is 82.7 cm³/mol. The van der Waals surface area contributed by atoms with Gasteiger partial charge in [-0.1, -0.05) is 38.1 Å². The molecule has 1 fully saturated rings. The van der Waals surface area contributed by atoms with Gasteiger partial charge in [-0.05, 0) is 36.8 Å². The second kappa shape index (κ2) is 6.89. The summed E-state index contributed by atoms with van der Waals surface area (Å²) in [5, 5.41) is 6.42. The van der Waals surface area contributed by atoms with Crippen LogP contribution in [0.4, 0.5) is 0 Å². The minimum Gasteiger partial charge on any atom is -0.350 e. The average molecular weight is 274 g/mol. The van der Waals surface area contributed by atoms with Crippen LogP contribution in [0, 0.1) is 0 Å². The first kappa shape index (κ1) is 15.0. The largest absolute Gasteiger partial charge is 0.350 e. The van der Waals surface area contributed by atoms with Gasteiger partial charge in [0.1, 0.15) is 0 Å². The van der Waals surface area contributed by atoms with Gasteiger partial charge in [0, 0.05) is 19.0 Å². The molecule has 0 radical (unpaired) electrons. The standard InChI is InChI=1S/C17H26N2O/c1-12(2)14-4-6-15(7-5-14)13(3)19-17(20)10-11-18-16-8-9-16/h4-7,12-13,16,18H,8-11H2,1-3H3,(H,19,20). The maximum Gasteiger partial charge on any atom is 0.221 e. The third-order valence-electron chi connectivity index (χ3n) is 3.84. The molecule has 3 nitrogen and oxygen atoms in total. The maximum absolute atomic E-state index is 11.9. The Balaban J connectivity index is 1.77. The van der Waals surface area contributed by atoms with Gasteiger partial charge in [0.25, 0.3) is 0 Å². The molecule has 1 aromatic carbocycles. The van der Waals surface area contributed by atoms with E-state index in [1.54, 1.807) is 0 Å². The van der Waals surface area contributed by atoms with Gasteiger partial charge in [-0.2, -0.15) is 0 Å². The van der Waals surface area contributed by atoms with Crippen LogP contribution in [0.3, 0.4) is 0 Å². The van der Waals surface area contributed by atoms with Gasteiger partial charge in [-0.3, -0.25) is 4.79 Å². The Labute approximate surface area is 122 Å². The summed E-state index contributed by atoms with van der Waals surface area (Å²) in [5.74, 6) is 0.668. The number of amides is 1. The van der Waals surface area contributed by atoms with E-state index in [2.05, 4.69) is 48.7 Å². The Morgan fingerprint density at radius 3 is 2.30 bits per heavy atom. The molecule has 0 spiro atoms. The number of hydrogen-bond donors (Lipinski definition) is 2. The fourth-order valence-electron chi connectivity index (χ4n) is 2.24. The third-order valence-corrected chi connectivity index (χ3v) is 3.84. The second-order valence-corrected chi connectivity index (χ2v) is 6.09. The lowest BCUT2D eigenvalue weighted by Crippen LogP contribution is -2.30. The molecule has 2 rings (SSSR count). The van der Waals surface area contributed by atoms with Gasteiger partial charge < -0.3 is 10.6 Å². The molecule has 0 aromatic heterocycles. The van der Waals surface area contributed by atoms with E-state index in [1.807, 2.05) is 6.92 Å². The van der Waals surface area contributed by atoms with Gasteiger partial charge in [0.2, 0.25) is 5.91 Å². The van der Waals surface area contributed by atoms with Gasteiger partial charge in [0.15, 0.2) is 0 Å². The van der Waals surface area contributed by atoms with Crippen molar-refractivity contribution in [3.8, 4) is 0 Å². The highest BCUT2D eigenvalue weighted by atomic mass is 16.1. The zero-order valence-electron chi connectivity index (χ0n) is 12.8. The van der Waals surface area contributed by atoms with Gasteiger partial charge in [-0.25, -0.2) is 0 Å². The minimum absolute atomic E-state index is 0.0737. The molecular formula is C17H26N2O. The van der Waals surface area contributed by atoms with Crippen molar-refractivity contribution < 1.29 is 4.79 Å². The first-order chi connectivity index (χ1) is 9.56. The zero-order chi connectivity index (χ0) is 14.5. The van der Waals surface area contributed by atoms with Crippen molar-refractivity contribution in [1.82, 2.24) is 10.6 Å². The van der Waals surface area contributed by atoms with Crippen molar-refractivity contribution in [2.75, 3.05) is 6.54 Å². The number of hydrogen-bond acceptors (Lipinski definition) is 2. The summed E-state index contributed by atoms with van der Waals surface area (Å²) in [6, 6.07) is 9.27. The number of nitrogens with one attached hydrogen (secondary N) is 2. The molecule has 1 aliphatic carbocycles. The van der Waals surface area contributed by atoms with Crippen LogP contribution in [0.2, 0.25) is 0 Å². The van der Waals surface area contributed by atoms with Crippen LogP contribution < -0.4 is 10.6 Å². The highest BCUT2D eigenvalue weighted by molar-refractivity contribution is 5.76. The Kier molecular flexibility index (Phi) is 5.18. The van der Waals surface area contributed by atoms with Crippen LogP contribution in [0.25, 0.3) is 0 Å². The van der Waals surface area contributed by atoms with Crippen LogP contribution in [0.1, 0.15) is 63.1 Å². The molecule has 0 bridgehead atoms. The number of rotatable bonds is 7. The van der Waals surface area contributed by atoms with Crippen LogP contribution >= 0.6 is 0 Å². The zero-order valence-corrected chi connectivity index (χ0v) is 12.8. The minimum atomic E-state index is 0.0737. The maximum atomic E-state index is 11.9. The smallest absolute Gasteiger partial charge is 0.221 e. The van der Waals surface area contributed by atoms with Gasteiger partial charge in [-0.15, -0.1) is 0 Å². The first-order valence-corrected chi connectivity index (χ1v) is 7.69. The van der Waals surface area contributed by atoms with E-state index in [9.17, 15) is 4.79 Å². The van der Waals surface area contributed by atoms with E-state index in [1.165, 1.54) is 18.4 Å². The highest BCUT2D eigenvalue weighted by Crippen LogP contribution is 2.19. The summed E-state index contributed by atoms with van der Waals surface area (Å²) in [4.78, 5) is 11.9. The number of benzene rings is 1. The predicted octanol–water partition coefficient (Wildman–Crippen LogP) is 3.13. The fraction of sp³-hybridized carbons (Fsp3) is 0.588. The van der Waals surface area contributed by atoms with E-state index in [4.69, 9.17) is 0 Å². The van der Waals surface area contributed by atoms with Gasteiger partial charge in [0.05, 0.1) is 6.04 Å². The number of carbonyl (C=O) groups is 1.